The summed E-state index contributed by atoms with van der Waals surface area (Å²) < 4.78 is 6.05. The Labute approximate surface area is 180 Å². The number of hydrogen-bond donors (Lipinski definition) is 1. The van der Waals surface area contributed by atoms with Crippen molar-refractivity contribution in [3.63, 3.8) is 0 Å². The Kier molecular flexibility index (Phi) is 13.5. The monoisotopic (exact) mass is 412 g/mol. The normalized spacial score (nSPS) is 12.3. The number of carbonyl (C=O) groups is 2. The molecule has 0 unspecified atom stereocenters. The Morgan fingerprint density at radius 2 is 1.48 bits per heavy atom. The lowest BCUT2D eigenvalue weighted by Crippen LogP contribution is -2.43. The molecule has 0 aliphatic carbocycles. The molecule has 0 aliphatic heterocycles. The number of ether oxygens (including phenoxy) is 1. The maximum atomic E-state index is 12.6. The van der Waals surface area contributed by atoms with Gasteiger partial charge in [0.1, 0.15) is 0 Å². The lowest BCUT2D eigenvalue weighted by Gasteiger charge is -2.35. The second-order valence-electron chi connectivity index (χ2n) is 10.5. The molecule has 29 heavy (non-hydrogen) atoms. The van der Waals surface area contributed by atoms with Crippen molar-refractivity contribution in [3.05, 3.63) is 0 Å². The molecule has 0 bridgehead atoms. The number of unbranched alkanes of at least 4 members (excludes halogenated alkanes) is 2. The van der Waals surface area contributed by atoms with E-state index in [-0.39, 0.29) is 22.6 Å². The number of rotatable bonds is 16. The molecule has 0 radical (unpaired) electrons. The van der Waals surface area contributed by atoms with E-state index in [4.69, 9.17) is 4.74 Å². The first-order valence-electron chi connectivity index (χ1n) is 11.5. The summed E-state index contributed by atoms with van der Waals surface area (Å²) in [6, 6.07) is 0. The van der Waals surface area contributed by atoms with Gasteiger partial charge in [0, 0.05) is 43.3 Å². The van der Waals surface area contributed by atoms with E-state index in [0.29, 0.717) is 45.1 Å². The van der Waals surface area contributed by atoms with Crippen LogP contribution in [0.5, 0.6) is 0 Å². The van der Waals surface area contributed by atoms with E-state index in [2.05, 4.69) is 60.7 Å². The highest BCUT2D eigenvalue weighted by Gasteiger charge is 2.27. The standard InChI is InChI=1S/C24H48N2O3/c1-9-11-13-21(27)25-16-23(5,6)18-29-19-24(7,8)17-26(15-20(3)4)22(28)14-12-10-2/h20H,9-19H2,1-8H3,(H,25,27). The smallest absolute Gasteiger partial charge is 0.222 e. The molecule has 172 valence electrons. The molecule has 0 saturated carbocycles. The zero-order valence-electron chi connectivity index (χ0n) is 20.5. The first-order valence-corrected chi connectivity index (χ1v) is 11.5. The number of nitrogens with zero attached hydrogens (tertiary/aromatic N) is 1. The second-order valence-corrected chi connectivity index (χ2v) is 10.5. The summed E-state index contributed by atoms with van der Waals surface area (Å²) in [4.78, 5) is 26.5. The second kappa shape index (κ2) is 14.0. The first-order chi connectivity index (χ1) is 13.4. The van der Waals surface area contributed by atoms with Crippen LogP contribution < -0.4 is 5.32 Å². The predicted molar refractivity (Wildman–Crippen MR) is 122 cm³/mol. The topological polar surface area (TPSA) is 58.6 Å². The van der Waals surface area contributed by atoms with Crippen LogP contribution in [0.2, 0.25) is 0 Å². The third kappa shape index (κ3) is 14.5. The fourth-order valence-electron chi connectivity index (χ4n) is 3.16. The molecule has 0 rings (SSSR count). The molecule has 0 fully saturated rings. The van der Waals surface area contributed by atoms with Gasteiger partial charge in [-0.15, -0.1) is 0 Å². The van der Waals surface area contributed by atoms with Gasteiger partial charge in [-0.2, -0.15) is 0 Å². The van der Waals surface area contributed by atoms with Gasteiger partial charge in [-0.1, -0.05) is 68.2 Å². The van der Waals surface area contributed by atoms with Crippen molar-refractivity contribution < 1.29 is 14.3 Å². The van der Waals surface area contributed by atoms with Crippen LogP contribution in [0.4, 0.5) is 0 Å². The minimum absolute atomic E-state index is 0.114. The third-order valence-corrected chi connectivity index (χ3v) is 4.81. The highest BCUT2D eigenvalue weighted by molar-refractivity contribution is 5.76. The Morgan fingerprint density at radius 1 is 0.931 bits per heavy atom. The lowest BCUT2D eigenvalue weighted by molar-refractivity contribution is -0.134. The van der Waals surface area contributed by atoms with Crippen LogP contribution in [0.25, 0.3) is 0 Å². The number of carbonyl (C=O) groups excluding carboxylic acids is 2. The van der Waals surface area contributed by atoms with Gasteiger partial charge in [-0.25, -0.2) is 0 Å². The third-order valence-electron chi connectivity index (χ3n) is 4.81. The van der Waals surface area contributed by atoms with Crippen molar-refractivity contribution in [1.29, 1.82) is 0 Å². The molecule has 2 amide bonds. The summed E-state index contributed by atoms with van der Waals surface area (Å²) in [5, 5.41) is 3.02. The van der Waals surface area contributed by atoms with Crippen molar-refractivity contribution in [1.82, 2.24) is 10.2 Å². The molecule has 0 aromatic heterocycles. The van der Waals surface area contributed by atoms with Crippen LogP contribution >= 0.6 is 0 Å². The van der Waals surface area contributed by atoms with E-state index in [9.17, 15) is 9.59 Å². The molecule has 0 aliphatic rings. The van der Waals surface area contributed by atoms with Crippen LogP contribution in [-0.2, 0) is 14.3 Å². The van der Waals surface area contributed by atoms with Crippen LogP contribution in [0.1, 0.15) is 93.9 Å². The molecule has 0 saturated heterocycles. The average Bonchev–Trinajstić information content (AvgIpc) is 2.61. The van der Waals surface area contributed by atoms with E-state index in [1.165, 1.54) is 0 Å². The van der Waals surface area contributed by atoms with Crippen molar-refractivity contribution in [3.8, 4) is 0 Å². The van der Waals surface area contributed by atoms with Gasteiger partial charge in [0.05, 0.1) is 13.2 Å². The molecule has 0 atom stereocenters. The Balaban J connectivity index is 4.54. The Morgan fingerprint density at radius 3 is 2.03 bits per heavy atom. The van der Waals surface area contributed by atoms with Crippen LogP contribution in [-0.4, -0.2) is 49.6 Å². The maximum absolute atomic E-state index is 12.6. The average molecular weight is 413 g/mol. The summed E-state index contributed by atoms with van der Waals surface area (Å²) >= 11 is 0. The van der Waals surface area contributed by atoms with Gasteiger partial charge in [0.25, 0.3) is 0 Å². The zero-order valence-corrected chi connectivity index (χ0v) is 20.5. The van der Waals surface area contributed by atoms with Crippen molar-refractivity contribution in [2.75, 3.05) is 32.8 Å². The number of nitrogens with one attached hydrogen (secondary N) is 1. The summed E-state index contributed by atoms with van der Waals surface area (Å²) in [6.07, 6.45) is 5.17. The zero-order chi connectivity index (χ0) is 22.5. The van der Waals surface area contributed by atoms with Crippen molar-refractivity contribution in [2.24, 2.45) is 16.7 Å². The summed E-state index contributed by atoms with van der Waals surface area (Å²) in [5.41, 5.74) is -0.232. The quantitative estimate of drug-likeness (QED) is 0.386. The number of amides is 2. The summed E-state index contributed by atoms with van der Waals surface area (Å²) in [5.74, 6) is 0.825. The molecule has 0 heterocycles. The summed E-state index contributed by atoms with van der Waals surface area (Å²) in [7, 11) is 0. The van der Waals surface area contributed by atoms with Gasteiger partial charge in [-0.05, 0) is 18.8 Å². The molecular formula is C24H48N2O3. The van der Waals surface area contributed by atoms with E-state index < -0.39 is 0 Å². The fraction of sp³-hybridized carbons (Fsp3) is 0.917. The highest BCUT2D eigenvalue weighted by Crippen LogP contribution is 2.22. The predicted octanol–water partition coefficient (Wildman–Crippen LogP) is 5.04. The van der Waals surface area contributed by atoms with E-state index in [1.807, 2.05) is 4.90 Å². The van der Waals surface area contributed by atoms with E-state index in [0.717, 1.165) is 32.2 Å². The minimum atomic E-state index is -0.119. The van der Waals surface area contributed by atoms with Gasteiger partial charge >= 0.3 is 0 Å². The lowest BCUT2D eigenvalue weighted by atomic mass is 9.92. The maximum Gasteiger partial charge on any atom is 0.222 e. The van der Waals surface area contributed by atoms with Gasteiger partial charge < -0.3 is 15.0 Å². The molecule has 5 heteroatoms. The van der Waals surface area contributed by atoms with Crippen LogP contribution in [0, 0.1) is 16.7 Å². The van der Waals surface area contributed by atoms with Crippen LogP contribution in [0.15, 0.2) is 0 Å². The summed E-state index contributed by atoms with van der Waals surface area (Å²) in [6.45, 7) is 20.3. The van der Waals surface area contributed by atoms with Crippen molar-refractivity contribution >= 4 is 11.8 Å². The molecule has 1 N–H and O–H groups in total. The number of hydrogen-bond acceptors (Lipinski definition) is 3. The van der Waals surface area contributed by atoms with E-state index >= 15 is 0 Å². The van der Waals surface area contributed by atoms with Gasteiger partial charge in [0.2, 0.25) is 11.8 Å². The molecule has 0 spiro atoms. The fourth-order valence-corrected chi connectivity index (χ4v) is 3.16. The van der Waals surface area contributed by atoms with Crippen LogP contribution in [0.3, 0.4) is 0 Å². The minimum Gasteiger partial charge on any atom is -0.380 e. The largest absolute Gasteiger partial charge is 0.380 e. The highest BCUT2D eigenvalue weighted by atomic mass is 16.5. The Bertz CT molecular complexity index is 473. The molecule has 5 nitrogen and oxygen atoms in total. The SMILES string of the molecule is CCCCC(=O)NCC(C)(C)COCC(C)(C)CN(CC(C)C)C(=O)CCCC. The van der Waals surface area contributed by atoms with Crippen molar-refractivity contribution in [2.45, 2.75) is 93.9 Å². The van der Waals surface area contributed by atoms with E-state index in [1.54, 1.807) is 0 Å². The first kappa shape index (κ1) is 27.9. The molecular weight excluding hydrogens is 364 g/mol. The molecule has 0 aromatic rings. The van der Waals surface area contributed by atoms with Gasteiger partial charge in [0.15, 0.2) is 0 Å². The Hall–Kier alpha value is -1.10. The van der Waals surface area contributed by atoms with Gasteiger partial charge in [-0.3, -0.25) is 9.59 Å². The molecule has 0 aromatic carbocycles.